The number of H-pyrrole nitrogens is 2. The van der Waals surface area contributed by atoms with Crippen LogP contribution in [0.25, 0.3) is 22.2 Å². The highest BCUT2D eigenvalue weighted by molar-refractivity contribution is 5.88. The van der Waals surface area contributed by atoms with Crippen molar-refractivity contribution < 1.29 is 38.1 Å². The van der Waals surface area contributed by atoms with E-state index in [-0.39, 0.29) is 41.7 Å². The van der Waals surface area contributed by atoms with E-state index < -0.39 is 24.3 Å². The summed E-state index contributed by atoms with van der Waals surface area (Å²) in [5.41, 5.74) is 7.75. The normalized spacial score (nSPS) is 23.2. The highest BCUT2D eigenvalue weighted by atomic mass is 16.5. The van der Waals surface area contributed by atoms with Gasteiger partial charge in [0.2, 0.25) is 11.8 Å². The van der Waals surface area contributed by atoms with E-state index in [1.54, 1.807) is 0 Å². The van der Waals surface area contributed by atoms with Crippen LogP contribution in [0.15, 0.2) is 42.6 Å². The molecule has 2 aromatic heterocycles. The smallest absolute Gasteiger partial charge is 0.407 e. The number of fused-ring (bicyclic) bond motifs is 2. The zero-order valence-electron chi connectivity index (χ0n) is 35.7. The fourth-order valence-electron chi connectivity index (χ4n) is 10.5. The van der Waals surface area contributed by atoms with Gasteiger partial charge in [-0.1, -0.05) is 24.3 Å². The molecule has 4 fully saturated rings. The van der Waals surface area contributed by atoms with Crippen molar-refractivity contribution >= 4 is 35.0 Å². The van der Waals surface area contributed by atoms with E-state index in [1.165, 1.54) is 25.3 Å². The zero-order chi connectivity index (χ0) is 42.7. The number of imidazole rings is 2. The highest BCUT2D eigenvalue weighted by Gasteiger charge is 2.42. The second-order valence-corrected chi connectivity index (χ2v) is 17.5. The summed E-state index contributed by atoms with van der Waals surface area (Å²) in [7, 11) is 2.64. The molecule has 9 rings (SSSR count). The van der Waals surface area contributed by atoms with E-state index in [0.717, 1.165) is 84.4 Å². The lowest BCUT2D eigenvalue weighted by Crippen LogP contribution is -2.53. The first-order valence-electron chi connectivity index (χ1n) is 22.4. The Kier molecular flexibility index (Phi) is 12.5. The zero-order valence-corrected chi connectivity index (χ0v) is 35.7. The number of carbonyl (C=O) groups excluding carboxylic acids is 4. The summed E-state index contributed by atoms with van der Waals surface area (Å²) in [5, 5.41) is 5.67. The van der Waals surface area contributed by atoms with Crippen molar-refractivity contribution in [2.45, 2.75) is 101 Å². The summed E-state index contributed by atoms with van der Waals surface area (Å²) in [6, 6.07) is 11.3. The Labute approximate surface area is 361 Å². The third-order valence-electron chi connectivity index (χ3n) is 14.0. The average Bonchev–Trinajstić information content (AvgIpc) is 4.16. The molecule has 4 N–H and O–H groups in total. The second kappa shape index (κ2) is 18.5. The first-order valence-corrected chi connectivity index (χ1v) is 22.4. The van der Waals surface area contributed by atoms with Gasteiger partial charge in [0, 0.05) is 57.3 Å². The van der Waals surface area contributed by atoms with Gasteiger partial charge < -0.3 is 49.3 Å². The number of likely N-dealkylation sites (tertiary alicyclic amines) is 2. The van der Waals surface area contributed by atoms with E-state index in [1.807, 2.05) is 22.1 Å². The number of nitrogens with zero attached hydrogens (tertiary/aromatic N) is 4. The quantitative estimate of drug-likeness (QED) is 0.150. The van der Waals surface area contributed by atoms with E-state index in [0.29, 0.717) is 65.2 Å². The Morgan fingerprint density at radius 2 is 1.29 bits per heavy atom. The first kappa shape index (κ1) is 41.9. The summed E-state index contributed by atoms with van der Waals surface area (Å²) >= 11 is 0. The lowest BCUT2D eigenvalue weighted by atomic mass is 9.81. The molecule has 4 saturated heterocycles. The largest absolute Gasteiger partial charge is 0.453 e. The van der Waals surface area contributed by atoms with Gasteiger partial charge in [-0.15, -0.1) is 0 Å². The minimum atomic E-state index is -0.681. The molecular formula is C46H58N8O8. The first-order chi connectivity index (χ1) is 30.3. The highest BCUT2D eigenvalue weighted by Crippen LogP contribution is 2.39. The number of alkyl carbamates (subject to hydrolysis) is 2. The molecule has 4 aromatic rings. The molecule has 16 nitrogen and oxygen atoms in total. The summed E-state index contributed by atoms with van der Waals surface area (Å²) in [6.45, 7) is 3.48. The summed E-state index contributed by atoms with van der Waals surface area (Å²) in [6.07, 6.45) is 9.67. The van der Waals surface area contributed by atoms with Crippen LogP contribution in [0, 0.1) is 11.8 Å². The van der Waals surface area contributed by atoms with Crippen LogP contribution in [-0.4, -0.2) is 120 Å². The molecule has 1 unspecified atom stereocenters. The molecular weight excluding hydrogens is 793 g/mol. The van der Waals surface area contributed by atoms with Crippen molar-refractivity contribution in [2.24, 2.45) is 11.8 Å². The van der Waals surface area contributed by atoms with Crippen LogP contribution < -0.4 is 10.6 Å². The lowest BCUT2D eigenvalue weighted by molar-refractivity contribution is -0.137. The van der Waals surface area contributed by atoms with Gasteiger partial charge in [-0.2, -0.15) is 0 Å². The maximum Gasteiger partial charge on any atom is 0.407 e. The van der Waals surface area contributed by atoms with Gasteiger partial charge in [-0.05, 0) is 117 Å². The number of hydrogen-bond donors (Lipinski definition) is 4. The van der Waals surface area contributed by atoms with Crippen molar-refractivity contribution in [3.63, 3.8) is 0 Å². The van der Waals surface area contributed by atoms with Crippen molar-refractivity contribution in [1.82, 2.24) is 40.4 Å². The monoisotopic (exact) mass is 850 g/mol. The van der Waals surface area contributed by atoms with E-state index >= 15 is 0 Å². The standard InChI is InChI=1S/C46H58N8O8/c1-59-45(57)51-39(27-13-19-61-20-14-27)43(55)53-17-3-5-37(53)41-47-26-36(50-41)33-10-9-29-23-30(7-8-31(29)24-33)32-11-12-34-35(25-32)49-42(48-34)38-6-4-18-54(38)44(56)40(52-46(58)60-2)28-15-21-62-22-16-28/h7-8,11-12,23,25-28,33,37-40H,3-6,9-10,13-22,24H2,1-2H3,(H,47,50)(H,48,49)(H,51,57)(H,52,58)/t33?,37-,38-,39-,40-/m0/s1. The van der Waals surface area contributed by atoms with Gasteiger partial charge in [0.1, 0.15) is 23.7 Å². The van der Waals surface area contributed by atoms with Crippen LogP contribution in [0.2, 0.25) is 0 Å². The van der Waals surface area contributed by atoms with E-state index in [4.69, 9.17) is 28.9 Å². The second-order valence-electron chi connectivity index (χ2n) is 17.5. The number of aromatic nitrogens is 4. The topological polar surface area (TPSA) is 193 Å². The minimum absolute atomic E-state index is 0.0136. The predicted octanol–water partition coefficient (Wildman–Crippen LogP) is 5.85. The van der Waals surface area contributed by atoms with Crippen LogP contribution in [-0.2, 0) is 41.4 Å². The van der Waals surface area contributed by atoms with Crippen LogP contribution in [0.5, 0.6) is 0 Å². The summed E-state index contributed by atoms with van der Waals surface area (Å²) < 4.78 is 20.9. The van der Waals surface area contributed by atoms with Gasteiger partial charge in [0.25, 0.3) is 0 Å². The third kappa shape index (κ3) is 8.63. The lowest BCUT2D eigenvalue weighted by Gasteiger charge is -2.34. The van der Waals surface area contributed by atoms with Crippen LogP contribution in [0.1, 0.15) is 104 Å². The number of amides is 4. The molecule has 330 valence electrons. The fraction of sp³-hybridized carbons (Fsp3) is 0.565. The molecule has 62 heavy (non-hydrogen) atoms. The van der Waals surface area contributed by atoms with Crippen molar-refractivity contribution in [3.8, 4) is 11.1 Å². The van der Waals surface area contributed by atoms with Crippen LogP contribution >= 0.6 is 0 Å². The fourth-order valence-corrected chi connectivity index (χ4v) is 10.5. The maximum atomic E-state index is 14.1. The molecule has 5 aliphatic rings. The number of carbonyl (C=O) groups is 4. The Hall–Kier alpha value is -5.48. The van der Waals surface area contributed by atoms with Crippen molar-refractivity contribution in [1.29, 1.82) is 0 Å². The third-order valence-corrected chi connectivity index (χ3v) is 14.0. The molecule has 5 atom stereocenters. The molecule has 4 amide bonds. The van der Waals surface area contributed by atoms with Gasteiger partial charge >= 0.3 is 12.2 Å². The van der Waals surface area contributed by atoms with E-state index in [9.17, 15) is 19.2 Å². The minimum Gasteiger partial charge on any atom is -0.453 e. The SMILES string of the molecule is COC(=O)N[C@H](C(=O)N1CCC[C@H]1c1ncc(C2CCc3cc(-c4ccc5nc([C@@H]6CCCN6C(=O)[C@@H](NC(=O)OC)C6CCOCC6)[nH]c5c4)ccc3C2)[nH]1)C1CCOCC1. The summed E-state index contributed by atoms with van der Waals surface area (Å²) in [5.74, 6) is 1.61. The Morgan fingerprint density at radius 1 is 0.710 bits per heavy atom. The number of nitrogens with one attached hydrogen (secondary N) is 4. The predicted molar refractivity (Wildman–Crippen MR) is 228 cm³/mol. The Balaban J connectivity index is 0.866. The number of rotatable bonds is 10. The number of aromatic amines is 2. The Morgan fingerprint density at radius 3 is 1.90 bits per heavy atom. The number of ether oxygens (including phenoxy) is 4. The summed E-state index contributed by atoms with van der Waals surface area (Å²) in [4.78, 5) is 73.5. The molecule has 0 bridgehead atoms. The maximum absolute atomic E-state index is 14.1. The van der Waals surface area contributed by atoms with Gasteiger partial charge in [0.15, 0.2) is 0 Å². The molecule has 1 aliphatic carbocycles. The van der Waals surface area contributed by atoms with Gasteiger partial charge in [-0.3, -0.25) is 9.59 Å². The van der Waals surface area contributed by atoms with Gasteiger partial charge in [-0.25, -0.2) is 19.6 Å². The molecule has 16 heteroatoms. The van der Waals surface area contributed by atoms with E-state index in [2.05, 4.69) is 50.9 Å². The molecule has 0 spiro atoms. The number of benzene rings is 2. The number of aryl methyl sites for hydroxylation is 1. The van der Waals surface area contributed by atoms with Gasteiger partial charge in [0.05, 0.1) is 37.3 Å². The van der Waals surface area contributed by atoms with Crippen molar-refractivity contribution in [2.75, 3.05) is 53.7 Å². The van der Waals surface area contributed by atoms with Crippen LogP contribution in [0.4, 0.5) is 9.59 Å². The average molecular weight is 851 g/mol. The molecule has 2 aromatic carbocycles. The molecule has 0 radical (unpaired) electrons. The number of methoxy groups -OCH3 is 2. The Bertz CT molecular complexity index is 2260. The number of hydrogen-bond acceptors (Lipinski definition) is 10. The van der Waals surface area contributed by atoms with Crippen molar-refractivity contribution in [3.05, 3.63) is 71.1 Å². The molecule has 0 saturated carbocycles. The molecule has 6 heterocycles. The molecule has 4 aliphatic heterocycles. The van der Waals surface area contributed by atoms with Crippen LogP contribution in [0.3, 0.4) is 0 Å².